The Kier molecular flexibility index (Phi) is 9.63. The van der Waals surface area contributed by atoms with Crippen LogP contribution in [0.15, 0.2) is 18.2 Å². The number of hydrogen-bond donors (Lipinski definition) is 2. The van der Waals surface area contributed by atoms with E-state index in [0.717, 1.165) is 23.5 Å². The molecule has 2 rings (SSSR count). The molecule has 1 fully saturated rings. The van der Waals surface area contributed by atoms with Gasteiger partial charge in [0.2, 0.25) is 5.91 Å². The van der Waals surface area contributed by atoms with Crippen LogP contribution in [-0.4, -0.2) is 51.0 Å². The van der Waals surface area contributed by atoms with Gasteiger partial charge < -0.3 is 24.8 Å². The number of carbonyl (C=O) groups excluding carboxylic acids is 1. The number of benzene rings is 1. The van der Waals surface area contributed by atoms with Gasteiger partial charge in [0, 0.05) is 13.1 Å². The Balaban J connectivity index is 0.00000312. The normalized spacial score (nSPS) is 19.6. The van der Waals surface area contributed by atoms with Gasteiger partial charge in [0.05, 0.1) is 25.9 Å². The van der Waals surface area contributed by atoms with Crippen molar-refractivity contribution in [2.24, 2.45) is 0 Å². The molecule has 1 aromatic rings. The second-order valence-corrected chi connectivity index (χ2v) is 5.70. The number of rotatable bonds is 8. The maximum absolute atomic E-state index is 12.2. The molecule has 2 N–H and O–H groups in total. The van der Waals surface area contributed by atoms with Gasteiger partial charge in [0.25, 0.3) is 0 Å². The van der Waals surface area contributed by atoms with Crippen LogP contribution in [0.5, 0.6) is 11.5 Å². The molecule has 1 saturated heterocycles. The number of nitrogens with one attached hydrogen (secondary N) is 2. The van der Waals surface area contributed by atoms with E-state index in [1.54, 1.807) is 0 Å². The van der Waals surface area contributed by atoms with E-state index in [2.05, 4.69) is 10.6 Å². The molecule has 1 aliphatic rings. The molecule has 1 heterocycles. The minimum Gasteiger partial charge on any atom is -0.490 e. The molecule has 1 aliphatic heterocycles. The Hall–Kier alpha value is -1.50. The molecule has 0 spiro atoms. The molecule has 0 bridgehead atoms. The van der Waals surface area contributed by atoms with Crippen LogP contribution in [-0.2, 0) is 16.0 Å². The summed E-state index contributed by atoms with van der Waals surface area (Å²) < 4.78 is 16.7. The van der Waals surface area contributed by atoms with Crippen LogP contribution in [0, 0.1) is 0 Å². The first-order chi connectivity index (χ1) is 11.7. The first kappa shape index (κ1) is 21.5. The Morgan fingerprint density at radius 2 is 2.00 bits per heavy atom. The Morgan fingerprint density at radius 1 is 1.28 bits per heavy atom. The predicted molar refractivity (Wildman–Crippen MR) is 99.9 cm³/mol. The van der Waals surface area contributed by atoms with E-state index >= 15 is 0 Å². The first-order valence-electron chi connectivity index (χ1n) is 8.67. The van der Waals surface area contributed by atoms with Gasteiger partial charge in [-0.05, 0) is 44.9 Å². The molecule has 7 heteroatoms. The highest BCUT2D eigenvalue weighted by Gasteiger charge is 2.27. The SMILES string of the molecule is CCOc1ccc(CCNC(=O)[C@H]2NCCO[C@@H]2C)cc1OCC.Cl. The minimum absolute atomic E-state index is 0. The number of amides is 1. The molecular weight excluding hydrogens is 344 g/mol. The zero-order valence-electron chi connectivity index (χ0n) is 15.2. The zero-order chi connectivity index (χ0) is 17.4. The number of morpholine rings is 1. The summed E-state index contributed by atoms with van der Waals surface area (Å²) in [5, 5.41) is 6.16. The molecule has 0 unspecified atom stereocenters. The van der Waals surface area contributed by atoms with Crippen molar-refractivity contribution in [1.29, 1.82) is 0 Å². The van der Waals surface area contributed by atoms with Crippen molar-refractivity contribution < 1.29 is 19.0 Å². The second kappa shape index (κ2) is 11.2. The van der Waals surface area contributed by atoms with Crippen molar-refractivity contribution in [3.05, 3.63) is 23.8 Å². The van der Waals surface area contributed by atoms with E-state index in [0.29, 0.717) is 32.9 Å². The fourth-order valence-electron chi connectivity index (χ4n) is 2.72. The van der Waals surface area contributed by atoms with Crippen molar-refractivity contribution in [1.82, 2.24) is 10.6 Å². The highest BCUT2D eigenvalue weighted by molar-refractivity contribution is 5.85. The molecule has 1 amide bonds. The minimum atomic E-state index is -0.280. The summed E-state index contributed by atoms with van der Waals surface area (Å²) in [6, 6.07) is 5.62. The lowest BCUT2D eigenvalue weighted by atomic mass is 10.1. The first-order valence-corrected chi connectivity index (χ1v) is 8.67. The van der Waals surface area contributed by atoms with Crippen LogP contribution in [0.25, 0.3) is 0 Å². The fraction of sp³-hybridized carbons (Fsp3) is 0.611. The van der Waals surface area contributed by atoms with Crippen molar-refractivity contribution in [3.63, 3.8) is 0 Å². The molecule has 0 aliphatic carbocycles. The Morgan fingerprint density at radius 3 is 2.68 bits per heavy atom. The van der Waals surface area contributed by atoms with E-state index in [1.807, 2.05) is 39.0 Å². The largest absolute Gasteiger partial charge is 0.490 e. The topological polar surface area (TPSA) is 68.8 Å². The third-order valence-electron chi connectivity index (χ3n) is 3.92. The summed E-state index contributed by atoms with van der Waals surface area (Å²) in [6.07, 6.45) is 0.633. The monoisotopic (exact) mass is 372 g/mol. The van der Waals surface area contributed by atoms with E-state index in [1.165, 1.54) is 0 Å². The van der Waals surface area contributed by atoms with Crippen LogP contribution in [0.3, 0.4) is 0 Å². The van der Waals surface area contributed by atoms with Gasteiger partial charge in [-0.1, -0.05) is 6.07 Å². The summed E-state index contributed by atoms with van der Waals surface area (Å²) in [5.41, 5.74) is 1.10. The summed E-state index contributed by atoms with van der Waals surface area (Å²) in [4.78, 5) is 12.2. The van der Waals surface area contributed by atoms with Crippen LogP contribution in [0.2, 0.25) is 0 Å². The zero-order valence-corrected chi connectivity index (χ0v) is 16.0. The molecule has 142 valence electrons. The van der Waals surface area contributed by atoms with Crippen molar-refractivity contribution in [2.45, 2.75) is 39.3 Å². The average molecular weight is 373 g/mol. The predicted octanol–water partition coefficient (Wildman–Crippen LogP) is 1.94. The summed E-state index contributed by atoms with van der Waals surface area (Å²) >= 11 is 0. The molecular formula is C18H29ClN2O4. The van der Waals surface area contributed by atoms with Gasteiger partial charge >= 0.3 is 0 Å². The van der Waals surface area contributed by atoms with Gasteiger partial charge in [0.15, 0.2) is 11.5 Å². The lowest BCUT2D eigenvalue weighted by molar-refractivity contribution is -0.128. The number of ether oxygens (including phenoxy) is 3. The Labute approximate surface area is 156 Å². The lowest BCUT2D eigenvalue weighted by Gasteiger charge is -2.29. The van der Waals surface area contributed by atoms with Crippen molar-refractivity contribution in [2.75, 3.05) is 32.9 Å². The maximum atomic E-state index is 12.2. The summed E-state index contributed by atoms with van der Waals surface area (Å²) in [5.74, 6) is 1.49. The smallest absolute Gasteiger partial charge is 0.239 e. The molecule has 0 saturated carbocycles. The highest BCUT2D eigenvalue weighted by Crippen LogP contribution is 2.28. The molecule has 2 atom stereocenters. The van der Waals surface area contributed by atoms with Crippen LogP contribution in [0.4, 0.5) is 0 Å². The number of carbonyl (C=O) groups is 1. The van der Waals surface area contributed by atoms with Gasteiger partial charge in [-0.25, -0.2) is 0 Å². The molecule has 1 aromatic carbocycles. The van der Waals surface area contributed by atoms with Crippen LogP contribution < -0.4 is 20.1 Å². The quantitative estimate of drug-likeness (QED) is 0.730. The summed E-state index contributed by atoms with van der Waals surface area (Å²) in [7, 11) is 0. The molecule has 0 radical (unpaired) electrons. The van der Waals surface area contributed by atoms with Crippen LogP contribution >= 0.6 is 12.4 Å². The second-order valence-electron chi connectivity index (χ2n) is 5.70. The van der Waals surface area contributed by atoms with Crippen molar-refractivity contribution >= 4 is 18.3 Å². The third-order valence-corrected chi connectivity index (χ3v) is 3.92. The van der Waals surface area contributed by atoms with E-state index in [-0.39, 0.29) is 30.5 Å². The van der Waals surface area contributed by atoms with E-state index < -0.39 is 0 Å². The summed E-state index contributed by atoms with van der Waals surface area (Å²) in [6.45, 7) is 8.93. The number of halogens is 1. The van der Waals surface area contributed by atoms with E-state index in [9.17, 15) is 4.79 Å². The van der Waals surface area contributed by atoms with Gasteiger partial charge in [-0.3, -0.25) is 4.79 Å². The average Bonchev–Trinajstić information content (AvgIpc) is 2.58. The van der Waals surface area contributed by atoms with Gasteiger partial charge in [-0.15, -0.1) is 12.4 Å². The number of hydrogen-bond acceptors (Lipinski definition) is 5. The molecule has 0 aromatic heterocycles. The molecule has 6 nitrogen and oxygen atoms in total. The standard InChI is InChI=1S/C18H28N2O4.ClH/c1-4-22-15-7-6-14(12-16(15)23-5-2)8-9-20-18(21)17-13(3)24-11-10-19-17;/h6-7,12-13,17,19H,4-5,8-11H2,1-3H3,(H,20,21);1H/t13-,17+;/m1./s1. The fourth-order valence-corrected chi connectivity index (χ4v) is 2.72. The lowest BCUT2D eigenvalue weighted by Crippen LogP contribution is -2.55. The Bertz CT molecular complexity index is 542. The third kappa shape index (κ3) is 6.38. The molecule has 25 heavy (non-hydrogen) atoms. The highest BCUT2D eigenvalue weighted by atomic mass is 35.5. The van der Waals surface area contributed by atoms with Crippen LogP contribution in [0.1, 0.15) is 26.3 Å². The van der Waals surface area contributed by atoms with Gasteiger partial charge in [-0.2, -0.15) is 0 Å². The van der Waals surface area contributed by atoms with E-state index in [4.69, 9.17) is 14.2 Å². The van der Waals surface area contributed by atoms with Crippen molar-refractivity contribution in [3.8, 4) is 11.5 Å². The van der Waals surface area contributed by atoms with Gasteiger partial charge in [0.1, 0.15) is 6.04 Å². The maximum Gasteiger partial charge on any atom is 0.239 e.